The van der Waals surface area contributed by atoms with Crippen molar-refractivity contribution in [2.75, 3.05) is 49.1 Å². The SMILES string of the molecule is CCCc1cc(N2CCN(CCCCN3C(=O)CCc4cccc(O)c43)CC2)nc(C(C)(C)C)n1. The quantitative estimate of drug-likeness (QED) is 0.569. The van der Waals surface area contributed by atoms with Crippen molar-refractivity contribution in [2.45, 2.75) is 71.6 Å². The average Bonchev–Trinajstić information content (AvgIpc) is 2.83. The molecule has 1 N–H and O–H groups in total. The lowest BCUT2D eigenvalue weighted by Crippen LogP contribution is -2.47. The summed E-state index contributed by atoms with van der Waals surface area (Å²) in [6.45, 7) is 14.4. The first-order valence-electron chi connectivity index (χ1n) is 13.2. The third-order valence-electron chi connectivity index (χ3n) is 7.02. The molecule has 7 nitrogen and oxygen atoms in total. The Morgan fingerprint density at radius 3 is 2.46 bits per heavy atom. The van der Waals surface area contributed by atoms with Gasteiger partial charge in [0.25, 0.3) is 0 Å². The van der Waals surface area contributed by atoms with Crippen molar-refractivity contribution >= 4 is 17.4 Å². The molecule has 1 aromatic heterocycles. The molecule has 0 aliphatic carbocycles. The van der Waals surface area contributed by atoms with Crippen LogP contribution in [0.25, 0.3) is 0 Å². The third-order valence-corrected chi connectivity index (χ3v) is 7.02. The first-order valence-corrected chi connectivity index (χ1v) is 13.2. The fraction of sp³-hybridized carbons (Fsp3) is 0.607. The number of phenols is 1. The van der Waals surface area contributed by atoms with E-state index in [1.165, 1.54) is 0 Å². The second-order valence-electron chi connectivity index (χ2n) is 10.9. The van der Waals surface area contributed by atoms with Crippen molar-refractivity contribution in [3.8, 4) is 5.75 Å². The number of benzene rings is 1. The van der Waals surface area contributed by atoms with Gasteiger partial charge >= 0.3 is 0 Å². The summed E-state index contributed by atoms with van der Waals surface area (Å²) in [5.41, 5.74) is 2.87. The summed E-state index contributed by atoms with van der Waals surface area (Å²) in [7, 11) is 0. The molecule has 1 fully saturated rings. The summed E-state index contributed by atoms with van der Waals surface area (Å²) < 4.78 is 0. The maximum absolute atomic E-state index is 12.5. The monoisotopic (exact) mass is 479 g/mol. The first kappa shape index (κ1) is 25.4. The van der Waals surface area contributed by atoms with Crippen molar-refractivity contribution in [3.05, 3.63) is 41.3 Å². The van der Waals surface area contributed by atoms with Crippen LogP contribution in [0, 0.1) is 0 Å². The fourth-order valence-corrected chi connectivity index (χ4v) is 5.00. The third kappa shape index (κ3) is 6.13. The highest BCUT2D eigenvalue weighted by molar-refractivity contribution is 5.98. The van der Waals surface area contributed by atoms with Gasteiger partial charge in [0, 0.05) is 56.3 Å². The number of rotatable bonds is 8. The van der Waals surface area contributed by atoms with E-state index in [-0.39, 0.29) is 17.1 Å². The minimum absolute atomic E-state index is 0.0621. The molecule has 1 amide bonds. The molecule has 190 valence electrons. The second-order valence-corrected chi connectivity index (χ2v) is 10.9. The molecule has 0 unspecified atom stereocenters. The minimum Gasteiger partial charge on any atom is -0.506 e. The van der Waals surface area contributed by atoms with Gasteiger partial charge in [0.2, 0.25) is 5.91 Å². The van der Waals surface area contributed by atoms with Gasteiger partial charge in [-0.25, -0.2) is 9.97 Å². The number of unbranched alkanes of at least 4 members (excludes halogenated alkanes) is 1. The maximum Gasteiger partial charge on any atom is 0.227 e. The number of phenolic OH excluding ortho intramolecular Hbond substituents is 1. The number of nitrogens with zero attached hydrogens (tertiary/aromatic N) is 5. The smallest absolute Gasteiger partial charge is 0.227 e. The number of fused-ring (bicyclic) bond motifs is 1. The number of carbonyl (C=O) groups excluding carboxylic acids is 1. The number of aryl methyl sites for hydroxylation is 2. The van der Waals surface area contributed by atoms with Crippen molar-refractivity contribution in [2.24, 2.45) is 0 Å². The summed E-state index contributed by atoms with van der Waals surface area (Å²) in [4.78, 5) is 29.0. The van der Waals surface area contributed by atoms with Crippen LogP contribution in [0.2, 0.25) is 0 Å². The second kappa shape index (κ2) is 10.9. The molecule has 2 aliphatic rings. The van der Waals surface area contributed by atoms with Crippen LogP contribution in [0.1, 0.15) is 70.5 Å². The molecule has 1 saturated heterocycles. The highest BCUT2D eigenvalue weighted by Gasteiger charge is 2.27. The largest absolute Gasteiger partial charge is 0.506 e. The van der Waals surface area contributed by atoms with Crippen LogP contribution in [-0.2, 0) is 23.1 Å². The van der Waals surface area contributed by atoms with E-state index in [2.05, 4.69) is 43.6 Å². The van der Waals surface area contributed by atoms with Crippen LogP contribution in [0.3, 0.4) is 0 Å². The normalized spacial score (nSPS) is 17.1. The number of hydrogen-bond donors (Lipinski definition) is 1. The van der Waals surface area contributed by atoms with E-state index in [0.29, 0.717) is 19.4 Å². The molecule has 1 aromatic carbocycles. The topological polar surface area (TPSA) is 72.8 Å². The van der Waals surface area contributed by atoms with E-state index >= 15 is 0 Å². The Bertz CT molecular complexity index is 1020. The molecule has 0 spiro atoms. The van der Waals surface area contributed by atoms with Gasteiger partial charge in [0.05, 0.1) is 5.69 Å². The Balaban J connectivity index is 1.28. The van der Waals surface area contributed by atoms with Gasteiger partial charge in [-0.15, -0.1) is 0 Å². The van der Waals surface area contributed by atoms with Gasteiger partial charge in [0.15, 0.2) is 0 Å². The summed E-state index contributed by atoms with van der Waals surface area (Å²) in [6, 6.07) is 7.73. The summed E-state index contributed by atoms with van der Waals surface area (Å²) in [6.07, 6.45) is 5.28. The standard InChI is InChI=1S/C28H41N5O2/c1-5-9-22-20-24(30-27(29-22)28(2,3)4)32-18-16-31(17-19-32)14-6-7-15-33-25(35)13-12-21-10-8-11-23(34)26(21)33/h8,10-11,20,34H,5-7,9,12-19H2,1-4H3. The van der Waals surface area contributed by atoms with Crippen LogP contribution in [-0.4, -0.2) is 65.2 Å². The Kier molecular flexibility index (Phi) is 7.95. The van der Waals surface area contributed by atoms with Gasteiger partial charge in [0.1, 0.15) is 17.4 Å². The fourth-order valence-electron chi connectivity index (χ4n) is 5.00. The molecular weight excluding hydrogens is 438 g/mol. The molecule has 0 atom stereocenters. The molecule has 35 heavy (non-hydrogen) atoms. The van der Waals surface area contributed by atoms with Crippen molar-refractivity contribution in [3.63, 3.8) is 0 Å². The van der Waals surface area contributed by atoms with Crippen LogP contribution in [0.5, 0.6) is 5.75 Å². The molecule has 0 saturated carbocycles. The molecule has 2 aromatic rings. The number of aromatic hydroxyl groups is 1. The number of aromatic nitrogens is 2. The number of para-hydroxylation sites is 1. The van der Waals surface area contributed by atoms with E-state index in [1.807, 2.05) is 12.1 Å². The van der Waals surface area contributed by atoms with Gasteiger partial charge in [-0.3, -0.25) is 9.69 Å². The summed E-state index contributed by atoms with van der Waals surface area (Å²) in [5.74, 6) is 2.33. The van der Waals surface area contributed by atoms with Crippen molar-refractivity contribution in [1.29, 1.82) is 0 Å². The molecular formula is C28H41N5O2. The molecule has 7 heteroatoms. The van der Waals surface area contributed by atoms with Crippen LogP contribution < -0.4 is 9.80 Å². The lowest BCUT2D eigenvalue weighted by molar-refractivity contribution is -0.118. The van der Waals surface area contributed by atoms with Gasteiger partial charge in [-0.2, -0.15) is 0 Å². The molecule has 3 heterocycles. The summed E-state index contributed by atoms with van der Waals surface area (Å²) in [5, 5.41) is 10.3. The molecule has 4 rings (SSSR count). The first-order chi connectivity index (χ1) is 16.8. The number of carbonyl (C=O) groups is 1. The van der Waals surface area contributed by atoms with Crippen molar-refractivity contribution in [1.82, 2.24) is 14.9 Å². The molecule has 0 radical (unpaired) electrons. The van der Waals surface area contributed by atoms with E-state index in [9.17, 15) is 9.90 Å². The van der Waals surface area contributed by atoms with Crippen LogP contribution >= 0.6 is 0 Å². The highest BCUT2D eigenvalue weighted by atomic mass is 16.3. The predicted octanol–water partition coefficient (Wildman–Crippen LogP) is 4.31. The van der Waals surface area contributed by atoms with E-state index in [0.717, 1.165) is 87.0 Å². The Hall–Kier alpha value is -2.67. The van der Waals surface area contributed by atoms with Gasteiger partial charge < -0.3 is 14.9 Å². The van der Waals surface area contributed by atoms with Crippen LogP contribution in [0.4, 0.5) is 11.5 Å². The zero-order valence-corrected chi connectivity index (χ0v) is 21.9. The Labute approximate surface area is 210 Å². The minimum atomic E-state index is -0.0621. The molecule has 0 bridgehead atoms. The highest BCUT2D eigenvalue weighted by Crippen LogP contribution is 2.36. The predicted molar refractivity (Wildman–Crippen MR) is 141 cm³/mol. The number of anilines is 2. The maximum atomic E-state index is 12.5. The molecule has 2 aliphatic heterocycles. The summed E-state index contributed by atoms with van der Waals surface area (Å²) >= 11 is 0. The average molecular weight is 480 g/mol. The number of amides is 1. The lowest BCUT2D eigenvalue weighted by atomic mass is 9.95. The van der Waals surface area contributed by atoms with Gasteiger partial charge in [-0.05, 0) is 43.9 Å². The van der Waals surface area contributed by atoms with E-state index in [4.69, 9.17) is 9.97 Å². The zero-order valence-electron chi connectivity index (χ0n) is 21.9. The number of hydrogen-bond acceptors (Lipinski definition) is 6. The Morgan fingerprint density at radius 2 is 1.74 bits per heavy atom. The van der Waals surface area contributed by atoms with Gasteiger partial charge in [-0.1, -0.05) is 46.2 Å². The lowest BCUT2D eigenvalue weighted by Gasteiger charge is -2.36. The Morgan fingerprint density at radius 1 is 1.00 bits per heavy atom. The van der Waals surface area contributed by atoms with E-state index < -0.39 is 0 Å². The van der Waals surface area contributed by atoms with Crippen LogP contribution in [0.15, 0.2) is 24.3 Å². The number of piperazine rings is 1. The van der Waals surface area contributed by atoms with Crippen molar-refractivity contribution < 1.29 is 9.90 Å². The zero-order chi connectivity index (χ0) is 25.0. The van der Waals surface area contributed by atoms with E-state index in [1.54, 1.807) is 11.0 Å².